The molecule has 10 N–H and O–H groups in total. The molecule has 0 amide bonds. The minimum Gasteiger partial charge on any atom is -0.394 e. The van der Waals surface area contributed by atoms with Crippen LogP contribution in [-0.2, 0) is 23.7 Å². The smallest absolute Gasteiger partial charge is 0.187 e. The third kappa shape index (κ3) is 5.22. The molecule has 14 atom stereocenters. The number of rotatable bonds is 6. The molecule has 15 heteroatoms. The van der Waals surface area contributed by atoms with Crippen molar-refractivity contribution in [1.29, 1.82) is 0 Å². The van der Waals surface area contributed by atoms with E-state index in [4.69, 9.17) is 23.7 Å². The predicted octanol–water partition coefficient (Wildman–Crippen LogP) is -6.93. The largest absolute Gasteiger partial charge is 0.394 e. The highest BCUT2D eigenvalue weighted by atomic mass is 16.7. The van der Waals surface area contributed by atoms with Crippen molar-refractivity contribution >= 4 is 0 Å². The van der Waals surface area contributed by atoms with E-state index in [0.717, 1.165) is 0 Å². The SMILES string of the molecule is OC[C@H]1O[C@H](O[C@@H]2[C@H](O)[C@@H](O)O[C@H](CO[C@H]3OC[C@@H](O)[C@H](O)[C@@H]3O)[C@H]2O)[C@@H](O)[C@@H](O)[C@@H]1O. The molecule has 15 nitrogen and oxygen atoms in total. The Kier molecular flexibility index (Phi) is 8.75. The van der Waals surface area contributed by atoms with Crippen molar-refractivity contribution in [1.82, 2.24) is 0 Å². The average Bonchev–Trinajstić information content (AvgIpc) is 2.77. The first-order valence-corrected chi connectivity index (χ1v) is 9.99. The highest BCUT2D eigenvalue weighted by molar-refractivity contribution is 4.94. The molecule has 0 bridgehead atoms. The van der Waals surface area contributed by atoms with Crippen LogP contribution in [0.5, 0.6) is 0 Å². The highest BCUT2D eigenvalue weighted by Gasteiger charge is 2.50. The quantitative estimate of drug-likeness (QED) is 0.172. The van der Waals surface area contributed by atoms with Crippen molar-refractivity contribution in [3.05, 3.63) is 0 Å². The molecule has 0 unspecified atom stereocenters. The number of hydrogen-bond donors (Lipinski definition) is 10. The van der Waals surface area contributed by atoms with Gasteiger partial charge in [-0.25, -0.2) is 0 Å². The first kappa shape index (κ1) is 26.0. The molecule has 3 aliphatic heterocycles. The Morgan fingerprint density at radius 1 is 0.656 bits per heavy atom. The van der Waals surface area contributed by atoms with E-state index in [2.05, 4.69) is 0 Å². The molecule has 0 aromatic carbocycles. The van der Waals surface area contributed by atoms with E-state index in [1.807, 2.05) is 0 Å². The van der Waals surface area contributed by atoms with Crippen LogP contribution in [0.3, 0.4) is 0 Å². The van der Waals surface area contributed by atoms with Crippen molar-refractivity contribution in [3.63, 3.8) is 0 Å². The molecule has 3 fully saturated rings. The zero-order valence-electron chi connectivity index (χ0n) is 16.7. The van der Waals surface area contributed by atoms with Crippen molar-refractivity contribution in [3.8, 4) is 0 Å². The van der Waals surface area contributed by atoms with Crippen molar-refractivity contribution in [2.24, 2.45) is 0 Å². The fourth-order valence-corrected chi connectivity index (χ4v) is 3.67. The summed E-state index contributed by atoms with van der Waals surface area (Å²) in [5, 5.41) is 98.8. The summed E-state index contributed by atoms with van der Waals surface area (Å²) in [5.74, 6) is 0. The molecule has 3 rings (SSSR count). The third-order valence-corrected chi connectivity index (χ3v) is 5.68. The summed E-state index contributed by atoms with van der Waals surface area (Å²) in [6.45, 7) is -1.59. The monoisotopic (exact) mass is 474 g/mol. The number of aliphatic hydroxyl groups is 10. The van der Waals surface area contributed by atoms with Gasteiger partial charge in [0.05, 0.1) is 19.8 Å². The molecule has 0 saturated carbocycles. The summed E-state index contributed by atoms with van der Waals surface area (Å²) in [6.07, 6.45) is -22.5. The van der Waals surface area contributed by atoms with E-state index in [9.17, 15) is 51.1 Å². The average molecular weight is 474 g/mol. The van der Waals surface area contributed by atoms with Crippen LogP contribution in [0.4, 0.5) is 0 Å². The number of hydrogen-bond acceptors (Lipinski definition) is 15. The molecule has 0 radical (unpaired) electrons. The van der Waals surface area contributed by atoms with Crippen LogP contribution in [0.25, 0.3) is 0 Å². The summed E-state index contributed by atoms with van der Waals surface area (Å²) >= 11 is 0. The van der Waals surface area contributed by atoms with Crippen LogP contribution < -0.4 is 0 Å². The van der Waals surface area contributed by atoms with Crippen LogP contribution in [0.2, 0.25) is 0 Å². The van der Waals surface area contributed by atoms with Gasteiger partial charge in [-0.1, -0.05) is 0 Å². The van der Waals surface area contributed by atoms with Crippen LogP contribution in [0.15, 0.2) is 0 Å². The lowest BCUT2D eigenvalue weighted by Gasteiger charge is -2.45. The van der Waals surface area contributed by atoms with E-state index in [0.29, 0.717) is 0 Å². The maximum atomic E-state index is 10.6. The molecule has 0 spiro atoms. The van der Waals surface area contributed by atoms with Crippen LogP contribution >= 0.6 is 0 Å². The molecule has 0 aliphatic carbocycles. The normalized spacial score (nSPS) is 52.7. The van der Waals surface area contributed by atoms with Gasteiger partial charge < -0.3 is 74.7 Å². The van der Waals surface area contributed by atoms with E-state index in [-0.39, 0.29) is 6.61 Å². The second-order valence-electron chi connectivity index (χ2n) is 7.93. The number of ether oxygens (including phenoxy) is 5. The predicted molar refractivity (Wildman–Crippen MR) is 95.2 cm³/mol. The summed E-state index contributed by atoms with van der Waals surface area (Å²) in [6, 6.07) is 0. The minimum atomic E-state index is -1.88. The van der Waals surface area contributed by atoms with Gasteiger partial charge in [0.15, 0.2) is 18.9 Å². The lowest BCUT2D eigenvalue weighted by atomic mass is 9.97. The van der Waals surface area contributed by atoms with Gasteiger partial charge in [0.25, 0.3) is 0 Å². The van der Waals surface area contributed by atoms with Gasteiger partial charge in [-0.05, 0) is 0 Å². The summed E-state index contributed by atoms with van der Waals surface area (Å²) in [7, 11) is 0. The molecular formula is C17H30O15. The fourth-order valence-electron chi connectivity index (χ4n) is 3.67. The third-order valence-electron chi connectivity index (χ3n) is 5.68. The highest BCUT2D eigenvalue weighted by Crippen LogP contribution is 2.29. The van der Waals surface area contributed by atoms with E-state index in [1.54, 1.807) is 0 Å². The van der Waals surface area contributed by atoms with Crippen LogP contribution in [-0.4, -0.2) is 157 Å². The Morgan fingerprint density at radius 3 is 1.97 bits per heavy atom. The van der Waals surface area contributed by atoms with Gasteiger partial charge in [0.1, 0.15) is 67.1 Å². The Hall–Kier alpha value is -0.600. The van der Waals surface area contributed by atoms with Crippen LogP contribution in [0.1, 0.15) is 0 Å². The Bertz CT molecular complexity index is 594. The number of aliphatic hydroxyl groups excluding tert-OH is 10. The van der Waals surface area contributed by atoms with Gasteiger partial charge in [-0.15, -0.1) is 0 Å². The molecule has 3 heterocycles. The molecule has 32 heavy (non-hydrogen) atoms. The fraction of sp³-hybridized carbons (Fsp3) is 1.00. The Labute approximate surface area is 181 Å². The Balaban J connectivity index is 1.64. The second kappa shape index (κ2) is 10.8. The second-order valence-corrected chi connectivity index (χ2v) is 7.93. The maximum Gasteiger partial charge on any atom is 0.187 e. The molecule has 3 aliphatic rings. The molecule has 188 valence electrons. The van der Waals surface area contributed by atoms with Gasteiger partial charge in [-0.3, -0.25) is 0 Å². The van der Waals surface area contributed by atoms with Gasteiger partial charge in [0.2, 0.25) is 0 Å². The lowest BCUT2D eigenvalue weighted by Crippen LogP contribution is -2.64. The van der Waals surface area contributed by atoms with Gasteiger partial charge in [-0.2, -0.15) is 0 Å². The molecule has 3 saturated heterocycles. The Morgan fingerprint density at radius 2 is 1.31 bits per heavy atom. The van der Waals surface area contributed by atoms with Crippen LogP contribution in [0, 0.1) is 0 Å². The minimum absolute atomic E-state index is 0.332. The molecular weight excluding hydrogens is 444 g/mol. The van der Waals surface area contributed by atoms with E-state index in [1.165, 1.54) is 0 Å². The van der Waals surface area contributed by atoms with E-state index < -0.39 is 99.2 Å². The maximum absolute atomic E-state index is 10.6. The van der Waals surface area contributed by atoms with E-state index >= 15 is 0 Å². The van der Waals surface area contributed by atoms with Crippen molar-refractivity contribution in [2.45, 2.75) is 86.0 Å². The zero-order chi connectivity index (χ0) is 23.7. The van der Waals surface area contributed by atoms with Gasteiger partial charge >= 0.3 is 0 Å². The van der Waals surface area contributed by atoms with Gasteiger partial charge in [0, 0.05) is 0 Å². The van der Waals surface area contributed by atoms with Crippen molar-refractivity contribution in [2.75, 3.05) is 19.8 Å². The zero-order valence-corrected chi connectivity index (χ0v) is 16.7. The standard InChI is InChI=1S/C17H30O15/c18-1-5-8(21)10(23)12(25)17(31-5)32-14-9(22)6(30-15(27)13(14)26)3-29-16-11(24)7(20)4(19)2-28-16/h4-27H,1-3H2/t4-,5-,6-,7+,8-,9-,10+,11+,12+,13+,14+,15+,16-,17-/m1/s1. The lowest BCUT2D eigenvalue weighted by molar-refractivity contribution is -0.360. The first-order chi connectivity index (χ1) is 15.1. The first-order valence-electron chi connectivity index (χ1n) is 9.99. The summed E-state index contributed by atoms with van der Waals surface area (Å²) < 4.78 is 26.0. The summed E-state index contributed by atoms with van der Waals surface area (Å²) in [5.41, 5.74) is 0. The molecule has 0 aromatic rings. The summed E-state index contributed by atoms with van der Waals surface area (Å²) in [4.78, 5) is 0. The molecule has 0 aromatic heterocycles. The topological polar surface area (TPSA) is 248 Å². The van der Waals surface area contributed by atoms with Crippen molar-refractivity contribution < 1.29 is 74.7 Å².